The molecule has 88 valence electrons. The SMILES string of the molecule is CC(=O)N(C)CC1CCN(C(C)C)CC1. The second-order valence-electron chi connectivity index (χ2n) is 4.97. The van der Waals surface area contributed by atoms with Crippen molar-refractivity contribution in [1.82, 2.24) is 9.80 Å². The van der Waals surface area contributed by atoms with Crippen molar-refractivity contribution in [2.75, 3.05) is 26.7 Å². The van der Waals surface area contributed by atoms with Crippen LogP contribution >= 0.6 is 0 Å². The van der Waals surface area contributed by atoms with E-state index in [4.69, 9.17) is 0 Å². The van der Waals surface area contributed by atoms with Crippen molar-refractivity contribution < 1.29 is 4.79 Å². The van der Waals surface area contributed by atoms with E-state index in [0.717, 1.165) is 6.54 Å². The molecule has 0 saturated carbocycles. The van der Waals surface area contributed by atoms with Crippen LogP contribution in [0.1, 0.15) is 33.6 Å². The summed E-state index contributed by atoms with van der Waals surface area (Å²) in [5, 5.41) is 0. The highest BCUT2D eigenvalue weighted by atomic mass is 16.2. The molecule has 3 heteroatoms. The van der Waals surface area contributed by atoms with Gasteiger partial charge in [-0.3, -0.25) is 4.79 Å². The fourth-order valence-corrected chi connectivity index (χ4v) is 2.17. The van der Waals surface area contributed by atoms with E-state index in [1.807, 2.05) is 11.9 Å². The van der Waals surface area contributed by atoms with Crippen molar-refractivity contribution in [2.45, 2.75) is 39.7 Å². The predicted molar refractivity (Wildman–Crippen MR) is 62.7 cm³/mol. The van der Waals surface area contributed by atoms with Gasteiger partial charge in [0.15, 0.2) is 0 Å². The van der Waals surface area contributed by atoms with Gasteiger partial charge in [-0.05, 0) is 45.7 Å². The van der Waals surface area contributed by atoms with Gasteiger partial charge in [0.05, 0.1) is 0 Å². The predicted octanol–water partition coefficient (Wildman–Crippen LogP) is 1.59. The van der Waals surface area contributed by atoms with Crippen molar-refractivity contribution in [3.8, 4) is 0 Å². The van der Waals surface area contributed by atoms with Crippen LogP contribution in [0.5, 0.6) is 0 Å². The zero-order valence-electron chi connectivity index (χ0n) is 10.5. The van der Waals surface area contributed by atoms with E-state index in [2.05, 4.69) is 18.7 Å². The summed E-state index contributed by atoms with van der Waals surface area (Å²) in [6, 6.07) is 0.663. The van der Waals surface area contributed by atoms with Crippen molar-refractivity contribution in [3.63, 3.8) is 0 Å². The van der Waals surface area contributed by atoms with E-state index < -0.39 is 0 Å². The molecular formula is C12H24N2O. The second-order valence-corrected chi connectivity index (χ2v) is 4.97. The zero-order chi connectivity index (χ0) is 11.4. The summed E-state index contributed by atoms with van der Waals surface area (Å²) in [6.45, 7) is 9.46. The molecule has 0 unspecified atom stereocenters. The standard InChI is InChI=1S/C12H24N2O/c1-10(2)14-7-5-12(6-8-14)9-13(4)11(3)15/h10,12H,5-9H2,1-4H3. The molecule has 1 rings (SSSR count). The molecule has 0 aliphatic carbocycles. The average molecular weight is 212 g/mol. The van der Waals surface area contributed by atoms with Gasteiger partial charge in [-0.25, -0.2) is 0 Å². The van der Waals surface area contributed by atoms with Crippen LogP contribution in [-0.2, 0) is 4.79 Å². The van der Waals surface area contributed by atoms with Crippen molar-refractivity contribution in [3.05, 3.63) is 0 Å². The van der Waals surface area contributed by atoms with Crippen LogP contribution in [0.25, 0.3) is 0 Å². The third kappa shape index (κ3) is 3.82. The van der Waals surface area contributed by atoms with Crippen LogP contribution < -0.4 is 0 Å². The van der Waals surface area contributed by atoms with Gasteiger partial charge in [0.1, 0.15) is 0 Å². The Balaban J connectivity index is 2.28. The van der Waals surface area contributed by atoms with Gasteiger partial charge < -0.3 is 9.80 Å². The molecule has 0 aromatic rings. The highest BCUT2D eigenvalue weighted by Crippen LogP contribution is 2.19. The number of hydrogen-bond donors (Lipinski definition) is 0. The van der Waals surface area contributed by atoms with Crippen LogP contribution in [-0.4, -0.2) is 48.4 Å². The molecule has 1 saturated heterocycles. The topological polar surface area (TPSA) is 23.6 Å². The molecule has 0 bridgehead atoms. The second kappa shape index (κ2) is 5.50. The number of carbonyl (C=O) groups is 1. The Morgan fingerprint density at radius 3 is 2.33 bits per heavy atom. The summed E-state index contributed by atoms with van der Waals surface area (Å²) in [4.78, 5) is 15.5. The Morgan fingerprint density at radius 2 is 1.93 bits per heavy atom. The maximum Gasteiger partial charge on any atom is 0.219 e. The molecule has 0 aromatic carbocycles. The number of piperidine rings is 1. The molecule has 0 atom stereocenters. The summed E-state index contributed by atoms with van der Waals surface area (Å²) < 4.78 is 0. The van der Waals surface area contributed by atoms with Gasteiger partial charge in [0.2, 0.25) is 5.91 Å². The fraction of sp³-hybridized carbons (Fsp3) is 0.917. The number of likely N-dealkylation sites (tertiary alicyclic amines) is 1. The number of rotatable bonds is 3. The fourth-order valence-electron chi connectivity index (χ4n) is 2.17. The molecule has 0 aromatic heterocycles. The molecule has 0 spiro atoms. The van der Waals surface area contributed by atoms with Crippen molar-refractivity contribution in [2.24, 2.45) is 5.92 Å². The Bertz CT molecular complexity index is 208. The van der Waals surface area contributed by atoms with Crippen LogP contribution in [0, 0.1) is 5.92 Å². The monoisotopic (exact) mass is 212 g/mol. The summed E-state index contributed by atoms with van der Waals surface area (Å²) >= 11 is 0. The minimum Gasteiger partial charge on any atom is -0.346 e. The minimum atomic E-state index is 0.182. The van der Waals surface area contributed by atoms with Crippen LogP contribution in [0.4, 0.5) is 0 Å². The highest BCUT2D eigenvalue weighted by Gasteiger charge is 2.22. The van der Waals surface area contributed by atoms with Gasteiger partial charge in [0, 0.05) is 26.6 Å². The summed E-state index contributed by atoms with van der Waals surface area (Å²) in [6.07, 6.45) is 2.46. The van der Waals surface area contributed by atoms with Crippen molar-refractivity contribution in [1.29, 1.82) is 0 Å². The van der Waals surface area contributed by atoms with Crippen LogP contribution in [0.15, 0.2) is 0 Å². The lowest BCUT2D eigenvalue weighted by Crippen LogP contribution is -2.41. The molecule has 0 N–H and O–H groups in total. The first-order chi connectivity index (χ1) is 7.00. The van der Waals surface area contributed by atoms with E-state index in [1.165, 1.54) is 25.9 Å². The number of carbonyl (C=O) groups excluding carboxylic acids is 1. The van der Waals surface area contributed by atoms with Crippen LogP contribution in [0.3, 0.4) is 0 Å². The third-order valence-electron chi connectivity index (χ3n) is 3.45. The van der Waals surface area contributed by atoms with E-state index in [0.29, 0.717) is 12.0 Å². The molecule has 0 radical (unpaired) electrons. The average Bonchev–Trinajstić information content (AvgIpc) is 2.18. The summed E-state index contributed by atoms with van der Waals surface area (Å²) in [7, 11) is 1.90. The molecule has 1 aliphatic rings. The molecule has 1 amide bonds. The van der Waals surface area contributed by atoms with Gasteiger partial charge in [0.25, 0.3) is 0 Å². The molecule has 1 aliphatic heterocycles. The van der Waals surface area contributed by atoms with Gasteiger partial charge in [-0.15, -0.1) is 0 Å². The van der Waals surface area contributed by atoms with E-state index in [1.54, 1.807) is 6.92 Å². The summed E-state index contributed by atoms with van der Waals surface area (Å²) in [5.74, 6) is 0.884. The summed E-state index contributed by atoms with van der Waals surface area (Å²) in [5.41, 5.74) is 0. The van der Waals surface area contributed by atoms with Gasteiger partial charge in [-0.2, -0.15) is 0 Å². The van der Waals surface area contributed by atoms with Crippen LogP contribution in [0.2, 0.25) is 0 Å². The van der Waals surface area contributed by atoms with E-state index in [-0.39, 0.29) is 5.91 Å². The van der Waals surface area contributed by atoms with E-state index in [9.17, 15) is 4.79 Å². The maximum absolute atomic E-state index is 11.1. The highest BCUT2D eigenvalue weighted by molar-refractivity contribution is 5.72. The number of nitrogens with zero attached hydrogens (tertiary/aromatic N) is 2. The Kier molecular flexibility index (Phi) is 4.58. The first-order valence-electron chi connectivity index (χ1n) is 5.96. The Morgan fingerprint density at radius 1 is 1.40 bits per heavy atom. The van der Waals surface area contributed by atoms with Gasteiger partial charge in [-0.1, -0.05) is 0 Å². The lowest BCUT2D eigenvalue weighted by molar-refractivity contribution is -0.128. The van der Waals surface area contributed by atoms with Gasteiger partial charge >= 0.3 is 0 Å². The number of amides is 1. The van der Waals surface area contributed by atoms with E-state index >= 15 is 0 Å². The minimum absolute atomic E-state index is 0.182. The molecule has 15 heavy (non-hydrogen) atoms. The third-order valence-corrected chi connectivity index (χ3v) is 3.45. The first-order valence-corrected chi connectivity index (χ1v) is 5.96. The Hall–Kier alpha value is -0.570. The molecular weight excluding hydrogens is 188 g/mol. The van der Waals surface area contributed by atoms with Crippen molar-refractivity contribution >= 4 is 5.91 Å². The normalized spacial score (nSPS) is 19.5. The quantitative estimate of drug-likeness (QED) is 0.709. The number of hydrogen-bond acceptors (Lipinski definition) is 2. The lowest BCUT2D eigenvalue weighted by Gasteiger charge is -2.35. The maximum atomic E-state index is 11.1. The Labute approximate surface area is 93.4 Å². The molecule has 3 nitrogen and oxygen atoms in total. The zero-order valence-corrected chi connectivity index (χ0v) is 10.5. The largest absolute Gasteiger partial charge is 0.346 e. The smallest absolute Gasteiger partial charge is 0.219 e. The molecule has 1 heterocycles. The first kappa shape index (κ1) is 12.5. The lowest BCUT2D eigenvalue weighted by atomic mass is 9.95. The molecule has 1 fully saturated rings.